The number of fused-ring (bicyclic) bond motifs is 1. The third-order valence-electron chi connectivity index (χ3n) is 6.19. The molecule has 2 N–H and O–H groups in total. The van der Waals surface area contributed by atoms with Gasteiger partial charge in [-0.15, -0.1) is 5.10 Å². The van der Waals surface area contributed by atoms with Crippen molar-refractivity contribution in [3.8, 4) is 0 Å². The SMILES string of the molecule is CN1CCc2ccc(NC(=O)c3cccc(CNC(=O)C4=NN=C(c5cccnc5)C4)c3)cc2C1. The van der Waals surface area contributed by atoms with Gasteiger partial charge in [-0.05, 0) is 66.6 Å². The molecular weight excluding hydrogens is 440 g/mol. The van der Waals surface area contributed by atoms with Crippen LogP contribution in [0.3, 0.4) is 0 Å². The molecule has 2 aromatic carbocycles. The number of carbonyl (C=O) groups excluding carboxylic acids is 2. The second-order valence-corrected chi connectivity index (χ2v) is 8.82. The number of nitrogens with one attached hydrogen (secondary N) is 2. The average Bonchev–Trinajstić information content (AvgIpc) is 3.38. The molecule has 5 rings (SSSR count). The van der Waals surface area contributed by atoms with Crippen LogP contribution in [0.15, 0.2) is 77.2 Å². The summed E-state index contributed by atoms with van der Waals surface area (Å²) in [5.74, 6) is -0.460. The number of hydrogen-bond donors (Lipinski definition) is 2. The van der Waals surface area contributed by atoms with E-state index in [0.29, 0.717) is 17.7 Å². The van der Waals surface area contributed by atoms with Crippen LogP contribution in [-0.2, 0) is 24.3 Å². The van der Waals surface area contributed by atoms with Gasteiger partial charge in [-0.25, -0.2) is 0 Å². The summed E-state index contributed by atoms with van der Waals surface area (Å²) in [6.07, 6.45) is 4.77. The topological polar surface area (TPSA) is 99.1 Å². The zero-order valence-electron chi connectivity index (χ0n) is 19.5. The van der Waals surface area contributed by atoms with Crippen LogP contribution in [0.25, 0.3) is 0 Å². The Bertz CT molecular complexity index is 1330. The van der Waals surface area contributed by atoms with Crippen molar-refractivity contribution >= 4 is 28.9 Å². The highest BCUT2D eigenvalue weighted by molar-refractivity contribution is 6.44. The molecule has 3 aromatic rings. The number of pyridine rings is 1. The van der Waals surface area contributed by atoms with E-state index in [0.717, 1.165) is 42.0 Å². The molecule has 0 atom stereocenters. The smallest absolute Gasteiger partial charge is 0.268 e. The number of aromatic nitrogens is 1. The minimum absolute atomic E-state index is 0.183. The van der Waals surface area contributed by atoms with Crippen LogP contribution in [0, 0.1) is 0 Å². The average molecular weight is 467 g/mol. The minimum atomic E-state index is -0.276. The van der Waals surface area contributed by atoms with E-state index in [1.54, 1.807) is 24.5 Å². The summed E-state index contributed by atoms with van der Waals surface area (Å²) in [6, 6.07) is 17.1. The number of anilines is 1. The van der Waals surface area contributed by atoms with Crippen molar-refractivity contribution in [2.75, 3.05) is 18.9 Å². The van der Waals surface area contributed by atoms with Crippen LogP contribution in [-0.4, -0.2) is 46.7 Å². The van der Waals surface area contributed by atoms with Crippen molar-refractivity contribution in [2.24, 2.45) is 10.2 Å². The molecule has 0 bridgehead atoms. The third kappa shape index (κ3) is 5.33. The van der Waals surface area contributed by atoms with Crippen LogP contribution in [0.2, 0.25) is 0 Å². The molecule has 35 heavy (non-hydrogen) atoms. The number of hydrogen-bond acceptors (Lipinski definition) is 6. The van der Waals surface area contributed by atoms with Gasteiger partial charge in [-0.1, -0.05) is 18.2 Å². The summed E-state index contributed by atoms with van der Waals surface area (Å²) in [4.78, 5) is 31.8. The summed E-state index contributed by atoms with van der Waals surface area (Å²) in [6.45, 7) is 2.22. The van der Waals surface area contributed by atoms with Gasteiger partial charge >= 0.3 is 0 Å². The van der Waals surface area contributed by atoms with Gasteiger partial charge < -0.3 is 15.5 Å². The van der Waals surface area contributed by atoms with Crippen molar-refractivity contribution in [1.82, 2.24) is 15.2 Å². The maximum Gasteiger partial charge on any atom is 0.268 e. The van der Waals surface area contributed by atoms with E-state index in [-0.39, 0.29) is 18.4 Å². The quantitative estimate of drug-likeness (QED) is 0.583. The Balaban J connectivity index is 1.17. The van der Waals surface area contributed by atoms with Crippen molar-refractivity contribution < 1.29 is 9.59 Å². The summed E-state index contributed by atoms with van der Waals surface area (Å²) in [7, 11) is 2.10. The standard InChI is InChI=1S/C27H26N6O2/c1-33-11-9-19-7-8-23(13-22(19)17-33)30-26(34)20-5-2-4-18(12-20)15-29-27(35)25-14-24(31-32-25)21-6-3-10-28-16-21/h2-8,10,12-13,16H,9,11,14-15,17H2,1H3,(H,29,35)(H,30,34). The molecule has 8 nitrogen and oxygen atoms in total. The van der Waals surface area contributed by atoms with Crippen molar-refractivity contribution in [3.05, 3.63) is 94.8 Å². The Kier molecular flexibility index (Phi) is 6.45. The molecule has 1 aromatic heterocycles. The van der Waals surface area contributed by atoms with Gasteiger partial charge in [0.2, 0.25) is 0 Å². The Morgan fingerprint density at radius 2 is 1.91 bits per heavy atom. The maximum absolute atomic E-state index is 12.9. The van der Waals surface area contributed by atoms with Crippen molar-refractivity contribution in [2.45, 2.75) is 25.9 Å². The molecule has 0 radical (unpaired) electrons. The lowest BCUT2D eigenvalue weighted by atomic mass is 9.99. The molecule has 0 saturated heterocycles. The number of amides is 2. The number of nitrogens with zero attached hydrogens (tertiary/aromatic N) is 4. The Morgan fingerprint density at radius 3 is 2.77 bits per heavy atom. The zero-order valence-corrected chi connectivity index (χ0v) is 19.5. The van der Waals surface area contributed by atoms with Crippen molar-refractivity contribution in [3.63, 3.8) is 0 Å². The fourth-order valence-electron chi connectivity index (χ4n) is 4.26. The summed E-state index contributed by atoms with van der Waals surface area (Å²) in [5, 5.41) is 14.0. The first-order chi connectivity index (χ1) is 17.0. The van der Waals surface area contributed by atoms with E-state index in [2.05, 4.69) is 49.9 Å². The fraction of sp³-hybridized carbons (Fsp3) is 0.222. The lowest BCUT2D eigenvalue weighted by Crippen LogP contribution is -2.30. The molecule has 0 unspecified atom stereocenters. The Morgan fingerprint density at radius 1 is 1.00 bits per heavy atom. The van der Waals surface area contributed by atoms with Gasteiger partial charge in [0.05, 0.1) is 5.71 Å². The van der Waals surface area contributed by atoms with Crippen LogP contribution < -0.4 is 10.6 Å². The number of rotatable bonds is 6. The predicted octanol–water partition coefficient (Wildman–Crippen LogP) is 3.19. The van der Waals surface area contributed by atoms with Crippen LogP contribution in [0.5, 0.6) is 0 Å². The number of likely N-dealkylation sites (N-methyl/N-ethyl adjacent to an activating group) is 1. The highest BCUT2D eigenvalue weighted by Gasteiger charge is 2.21. The molecule has 2 aliphatic heterocycles. The normalized spacial score (nSPS) is 15.1. The lowest BCUT2D eigenvalue weighted by molar-refractivity contribution is -0.115. The lowest BCUT2D eigenvalue weighted by Gasteiger charge is -2.25. The van der Waals surface area contributed by atoms with Gasteiger partial charge in [-0.3, -0.25) is 14.6 Å². The Labute approximate surface area is 203 Å². The molecule has 0 saturated carbocycles. The first-order valence-electron chi connectivity index (χ1n) is 11.6. The first-order valence-corrected chi connectivity index (χ1v) is 11.6. The van der Waals surface area contributed by atoms with E-state index in [9.17, 15) is 9.59 Å². The van der Waals surface area contributed by atoms with Gasteiger partial charge in [0.25, 0.3) is 11.8 Å². The summed E-state index contributed by atoms with van der Waals surface area (Å²) in [5.41, 5.74) is 6.65. The van der Waals surface area contributed by atoms with E-state index in [4.69, 9.17) is 0 Å². The van der Waals surface area contributed by atoms with E-state index >= 15 is 0 Å². The molecule has 0 fully saturated rings. The molecule has 3 heterocycles. The summed E-state index contributed by atoms with van der Waals surface area (Å²) < 4.78 is 0. The summed E-state index contributed by atoms with van der Waals surface area (Å²) >= 11 is 0. The molecule has 8 heteroatoms. The highest BCUT2D eigenvalue weighted by Crippen LogP contribution is 2.22. The molecule has 0 aliphatic carbocycles. The van der Waals surface area contributed by atoms with Gasteiger partial charge in [0, 0.05) is 55.3 Å². The molecular formula is C27H26N6O2. The van der Waals surface area contributed by atoms with Crippen LogP contribution in [0.4, 0.5) is 5.69 Å². The van der Waals surface area contributed by atoms with Crippen molar-refractivity contribution in [1.29, 1.82) is 0 Å². The second-order valence-electron chi connectivity index (χ2n) is 8.82. The second kappa shape index (κ2) is 9.99. The van der Waals surface area contributed by atoms with Crippen LogP contribution in [0.1, 0.15) is 39.0 Å². The molecule has 2 amide bonds. The number of benzene rings is 2. The van der Waals surface area contributed by atoms with Crippen LogP contribution >= 0.6 is 0 Å². The van der Waals surface area contributed by atoms with Gasteiger partial charge in [0.1, 0.15) is 5.71 Å². The molecule has 2 aliphatic rings. The third-order valence-corrected chi connectivity index (χ3v) is 6.19. The van der Waals surface area contributed by atoms with E-state index in [1.807, 2.05) is 30.3 Å². The number of carbonyl (C=O) groups is 2. The molecule has 176 valence electrons. The monoisotopic (exact) mass is 466 g/mol. The fourth-order valence-corrected chi connectivity index (χ4v) is 4.26. The van der Waals surface area contributed by atoms with E-state index in [1.165, 1.54) is 11.1 Å². The maximum atomic E-state index is 12.9. The van der Waals surface area contributed by atoms with Gasteiger partial charge in [-0.2, -0.15) is 5.10 Å². The zero-order chi connectivity index (χ0) is 24.2. The van der Waals surface area contributed by atoms with E-state index < -0.39 is 0 Å². The van der Waals surface area contributed by atoms with Gasteiger partial charge in [0.15, 0.2) is 0 Å². The largest absolute Gasteiger partial charge is 0.347 e. The predicted molar refractivity (Wildman–Crippen MR) is 136 cm³/mol. The Hall–Kier alpha value is -4.17. The minimum Gasteiger partial charge on any atom is -0.347 e. The molecule has 0 spiro atoms. The highest BCUT2D eigenvalue weighted by atomic mass is 16.2. The first kappa shape index (κ1) is 22.6.